The van der Waals surface area contributed by atoms with Crippen LogP contribution >= 0.6 is 0 Å². The molecule has 26 heavy (non-hydrogen) atoms. The van der Waals surface area contributed by atoms with Gasteiger partial charge in [0.15, 0.2) is 0 Å². The van der Waals surface area contributed by atoms with Crippen molar-refractivity contribution in [1.29, 1.82) is 0 Å². The van der Waals surface area contributed by atoms with Gasteiger partial charge in [-0.05, 0) is 48.7 Å². The van der Waals surface area contributed by atoms with E-state index in [0.717, 1.165) is 49.3 Å². The number of carbonyl (C=O) groups is 1. The fourth-order valence-electron chi connectivity index (χ4n) is 3.71. The molecule has 2 heterocycles. The van der Waals surface area contributed by atoms with Gasteiger partial charge in [0.25, 0.3) is 0 Å². The van der Waals surface area contributed by atoms with Crippen LogP contribution in [0.5, 0.6) is 5.75 Å². The molecule has 5 nitrogen and oxygen atoms in total. The number of phenolic OH excluding ortho intramolecular Hbond substituents is 1. The standard InChI is InChI=1S/C21H26N2O3/c1-15-14-19(15)20-8-6-18(26-20)7-9-21(25)23-12-10-22(11-13-23)16-2-4-17(24)5-3-16/h2-6,8,15,19,24H,7,9-14H2,1H3/t15-,19+/m0/s1. The third-order valence-corrected chi connectivity index (χ3v) is 5.59. The van der Waals surface area contributed by atoms with Gasteiger partial charge in [0.05, 0.1) is 0 Å². The van der Waals surface area contributed by atoms with Gasteiger partial charge in [-0.15, -0.1) is 0 Å². The zero-order chi connectivity index (χ0) is 18.1. The number of benzene rings is 1. The number of aryl methyl sites for hydroxylation is 1. The van der Waals surface area contributed by atoms with Crippen LogP contribution in [0.4, 0.5) is 5.69 Å². The van der Waals surface area contributed by atoms with Crippen LogP contribution in [0.15, 0.2) is 40.8 Å². The van der Waals surface area contributed by atoms with Crippen molar-refractivity contribution in [3.8, 4) is 5.75 Å². The summed E-state index contributed by atoms with van der Waals surface area (Å²) in [5, 5.41) is 9.39. The number of rotatable bonds is 5. The molecule has 1 aromatic carbocycles. The summed E-state index contributed by atoms with van der Waals surface area (Å²) in [6, 6.07) is 11.3. The van der Waals surface area contributed by atoms with Crippen LogP contribution in [0.3, 0.4) is 0 Å². The summed E-state index contributed by atoms with van der Waals surface area (Å²) in [7, 11) is 0. The van der Waals surface area contributed by atoms with E-state index < -0.39 is 0 Å². The highest BCUT2D eigenvalue weighted by atomic mass is 16.3. The Kier molecular flexibility index (Phi) is 4.62. The van der Waals surface area contributed by atoms with Gasteiger partial charge in [-0.2, -0.15) is 0 Å². The SMILES string of the molecule is C[C@H]1C[C@H]1c1ccc(CCC(=O)N2CCN(c3ccc(O)cc3)CC2)o1. The van der Waals surface area contributed by atoms with Crippen molar-refractivity contribution < 1.29 is 14.3 Å². The van der Waals surface area contributed by atoms with Crippen LogP contribution in [-0.2, 0) is 11.2 Å². The van der Waals surface area contributed by atoms with E-state index in [9.17, 15) is 9.90 Å². The molecule has 2 atom stereocenters. The lowest BCUT2D eigenvalue weighted by atomic mass is 10.2. The summed E-state index contributed by atoms with van der Waals surface area (Å²) < 4.78 is 5.90. The molecule has 1 aromatic heterocycles. The highest BCUT2D eigenvalue weighted by Crippen LogP contribution is 2.47. The topological polar surface area (TPSA) is 56.9 Å². The Balaban J connectivity index is 1.24. The molecule has 1 amide bonds. The molecule has 5 heteroatoms. The second kappa shape index (κ2) is 7.06. The maximum Gasteiger partial charge on any atom is 0.223 e. The fourth-order valence-corrected chi connectivity index (χ4v) is 3.71. The smallest absolute Gasteiger partial charge is 0.223 e. The van der Waals surface area contributed by atoms with Crippen LogP contribution in [0.25, 0.3) is 0 Å². The minimum atomic E-state index is 0.202. The molecular formula is C21H26N2O3. The summed E-state index contributed by atoms with van der Waals surface area (Å²) in [6.07, 6.45) is 2.40. The van der Waals surface area contributed by atoms with Gasteiger partial charge in [-0.3, -0.25) is 4.79 Å². The molecule has 138 valence electrons. The summed E-state index contributed by atoms with van der Waals surface area (Å²) in [6.45, 7) is 5.36. The Morgan fingerprint density at radius 1 is 1.12 bits per heavy atom. The first-order valence-electron chi connectivity index (χ1n) is 9.50. The molecule has 2 fully saturated rings. The number of nitrogens with zero attached hydrogens (tertiary/aromatic N) is 2. The summed E-state index contributed by atoms with van der Waals surface area (Å²) >= 11 is 0. The maximum absolute atomic E-state index is 12.5. The molecule has 0 bridgehead atoms. The van der Waals surface area contributed by atoms with Gasteiger partial charge in [-0.25, -0.2) is 0 Å². The van der Waals surface area contributed by atoms with E-state index in [1.807, 2.05) is 23.1 Å². The summed E-state index contributed by atoms with van der Waals surface area (Å²) in [4.78, 5) is 16.7. The van der Waals surface area contributed by atoms with Crippen molar-refractivity contribution in [2.24, 2.45) is 5.92 Å². The molecule has 0 radical (unpaired) electrons. The number of anilines is 1. The first-order chi connectivity index (χ1) is 12.6. The Morgan fingerprint density at radius 2 is 1.81 bits per heavy atom. The predicted molar refractivity (Wildman–Crippen MR) is 100 cm³/mol. The van der Waals surface area contributed by atoms with Gasteiger partial charge < -0.3 is 19.3 Å². The monoisotopic (exact) mass is 354 g/mol. The fraction of sp³-hybridized carbons (Fsp3) is 0.476. The number of amides is 1. The van der Waals surface area contributed by atoms with E-state index in [1.54, 1.807) is 12.1 Å². The Bertz CT molecular complexity index is 760. The van der Waals surface area contributed by atoms with Crippen molar-refractivity contribution in [3.63, 3.8) is 0 Å². The predicted octanol–water partition coefficient (Wildman–Crippen LogP) is 3.39. The maximum atomic E-state index is 12.5. The number of hydrogen-bond acceptors (Lipinski definition) is 4. The second-order valence-electron chi connectivity index (χ2n) is 7.51. The highest BCUT2D eigenvalue weighted by Gasteiger charge is 2.36. The van der Waals surface area contributed by atoms with E-state index in [1.165, 1.54) is 6.42 Å². The van der Waals surface area contributed by atoms with Crippen LogP contribution < -0.4 is 4.90 Å². The number of carbonyl (C=O) groups excluding carboxylic acids is 1. The first-order valence-corrected chi connectivity index (χ1v) is 9.50. The highest BCUT2D eigenvalue weighted by molar-refractivity contribution is 5.76. The minimum absolute atomic E-state index is 0.202. The van der Waals surface area contributed by atoms with Gasteiger partial charge in [0.2, 0.25) is 5.91 Å². The number of aromatic hydroxyl groups is 1. The molecule has 1 N–H and O–H groups in total. The molecule has 4 rings (SSSR count). The van der Waals surface area contributed by atoms with Crippen LogP contribution in [0.1, 0.15) is 37.2 Å². The first kappa shape index (κ1) is 17.0. The van der Waals surface area contributed by atoms with Gasteiger partial charge >= 0.3 is 0 Å². The average Bonchev–Trinajstić information content (AvgIpc) is 3.20. The lowest BCUT2D eigenvalue weighted by Gasteiger charge is -2.36. The molecule has 2 aromatic rings. The average molecular weight is 354 g/mol. The molecule has 1 aliphatic carbocycles. The second-order valence-corrected chi connectivity index (χ2v) is 7.51. The van der Waals surface area contributed by atoms with E-state index in [0.29, 0.717) is 18.8 Å². The van der Waals surface area contributed by atoms with Crippen molar-refractivity contribution in [1.82, 2.24) is 4.90 Å². The summed E-state index contributed by atoms with van der Waals surface area (Å²) in [5.41, 5.74) is 1.09. The zero-order valence-electron chi connectivity index (χ0n) is 15.2. The van der Waals surface area contributed by atoms with Crippen LogP contribution in [0, 0.1) is 5.92 Å². The molecule has 0 spiro atoms. The molecule has 1 aliphatic heterocycles. The third-order valence-electron chi connectivity index (χ3n) is 5.59. The lowest BCUT2D eigenvalue weighted by Crippen LogP contribution is -2.48. The van der Waals surface area contributed by atoms with Crippen LogP contribution in [0.2, 0.25) is 0 Å². The molecule has 1 saturated carbocycles. The minimum Gasteiger partial charge on any atom is -0.508 e. The van der Waals surface area contributed by atoms with E-state index in [-0.39, 0.29) is 11.7 Å². The van der Waals surface area contributed by atoms with Crippen molar-refractivity contribution in [3.05, 3.63) is 47.9 Å². The normalized spacial score (nSPS) is 22.5. The van der Waals surface area contributed by atoms with Gasteiger partial charge in [0.1, 0.15) is 17.3 Å². The number of hydrogen-bond donors (Lipinski definition) is 1. The van der Waals surface area contributed by atoms with E-state index in [4.69, 9.17) is 4.42 Å². The Hall–Kier alpha value is -2.43. The van der Waals surface area contributed by atoms with Gasteiger partial charge in [-0.1, -0.05) is 6.92 Å². The third kappa shape index (κ3) is 3.71. The summed E-state index contributed by atoms with van der Waals surface area (Å²) in [5.74, 6) is 3.82. The molecule has 0 unspecified atom stereocenters. The molecular weight excluding hydrogens is 328 g/mol. The van der Waals surface area contributed by atoms with Crippen LogP contribution in [-0.4, -0.2) is 42.1 Å². The zero-order valence-corrected chi connectivity index (χ0v) is 15.2. The molecule has 2 aliphatic rings. The number of phenols is 1. The van der Waals surface area contributed by atoms with Crippen molar-refractivity contribution in [2.75, 3.05) is 31.1 Å². The van der Waals surface area contributed by atoms with Crippen molar-refractivity contribution >= 4 is 11.6 Å². The Morgan fingerprint density at radius 3 is 2.46 bits per heavy atom. The molecule has 1 saturated heterocycles. The lowest BCUT2D eigenvalue weighted by molar-refractivity contribution is -0.131. The largest absolute Gasteiger partial charge is 0.508 e. The van der Waals surface area contributed by atoms with Gasteiger partial charge in [0, 0.05) is 50.6 Å². The number of furan rings is 1. The number of piperazine rings is 1. The van der Waals surface area contributed by atoms with Crippen molar-refractivity contribution in [2.45, 2.75) is 32.1 Å². The quantitative estimate of drug-likeness (QED) is 0.894. The van der Waals surface area contributed by atoms with E-state index in [2.05, 4.69) is 17.9 Å². The Labute approximate surface area is 154 Å². The van der Waals surface area contributed by atoms with E-state index >= 15 is 0 Å².